The molecule has 2 aromatic carbocycles. The number of rotatable bonds is 3. The average Bonchev–Trinajstić information content (AvgIpc) is 3.14. The van der Waals surface area contributed by atoms with E-state index in [0.717, 1.165) is 67.4 Å². The van der Waals surface area contributed by atoms with Crippen LogP contribution in [0.5, 0.6) is 0 Å². The van der Waals surface area contributed by atoms with Gasteiger partial charge in [0.05, 0.1) is 5.70 Å². The maximum atomic E-state index is 11.9. The van der Waals surface area contributed by atoms with E-state index in [2.05, 4.69) is 63.6 Å². The maximum absolute atomic E-state index is 11.9. The summed E-state index contributed by atoms with van der Waals surface area (Å²) in [6.07, 6.45) is 7.26. The first-order chi connectivity index (χ1) is 15.2. The molecule has 4 heterocycles. The van der Waals surface area contributed by atoms with E-state index in [4.69, 9.17) is 4.99 Å². The van der Waals surface area contributed by atoms with E-state index >= 15 is 0 Å². The molecule has 5 heteroatoms. The van der Waals surface area contributed by atoms with Gasteiger partial charge in [-0.3, -0.25) is 9.69 Å². The summed E-state index contributed by atoms with van der Waals surface area (Å²) in [5.74, 6) is 0.891. The molecule has 0 aliphatic carbocycles. The van der Waals surface area contributed by atoms with E-state index < -0.39 is 0 Å². The molecule has 0 saturated carbocycles. The average molecular weight is 409 g/mol. The Morgan fingerprint density at radius 1 is 0.935 bits per heavy atom. The van der Waals surface area contributed by atoms with Crippen molar-refractivity contribution in [2.75, 3.05) is 13.1 Å². The van der Waals surface area contributed by atoms with Crippen LogP contribution in [0.25, 0.3) is 0 Å². The van der Waals surface area contributed by atoms with E-state index in [1.165, 1.54) is 16.7 Å². The van der Waals surface area contributed by atoms with Crippen LogP contribution in [0, 0.1) is 0 Å². The predicted octanol–water partition coefficient (Wildman–Crippen LogP) is 3.49. The number of fused-ring (bicyclic) bond motifs is 1. The second-order valence-corrected chi connectivity index (χ2v) is 8.51. The lowest BCUT2D eigenvalue weighted by Gasteiger charge is -2.29. The molecule has 1 amide bonds. The van der Waals surface area contributed by atoms with Crippen molar-refractivity contribution in [3.63, 3.8) is 0 Å². The minimum absolute atomic E-state index is 0.0640. The topological polar surface area (TPSA) is 47.9 Å². The first-order valence-electron chi connectivity index (χ1n) is 10.9. The number of aliphatic imine (C=N–C) groups is 1. The largest absolute Gasteiger partial charge is 0.324 e. The third kappa shape index (κ3) is 3.31. The van der Waals surface area contributed by atoms with Crippen LogP contribution < -0.4 is 5.32 Å². The number of carbonyl (C=O) groups excluding carboxylic acids is 1. The Labute approximate surface area is 182 Å². The highest BCUT2D eigenvalue weighted by atomic mass is 16.1. The van der Waals surface area contributed by atoms with Gasteiger partial charge < -0.3 is 10.2 Å². The van der Waals surface area contributed by atoms with Gasteiger partial charge in [0.25, 0.3) is 0 Å². The number of amidine groups is 1. The van der Waals surface area contributed by atoms with E-state index in [9.17, 15) is 4.79 Å². The summed E-state index contributed by atoms with van der Waals surface area (Å²) in [7, 11) is 0. The molecule has 31 heavy (non-hydrogen) atoms. The summed E-state index contributed by atoms with van der Waals surface area (Å²) in [6.45, 7) is 3.91. The highest BCUT2D eigenvalue weighted by Gasteiger charge is 2.32. The Kier molecular flexibility index (Phi) is 4.35. The van der Waals surface area contributed by atoms with Crippen molar-refractivity contribution in [2.24, 2.45) is 4.99 Å². The van der Waals surface area contributed by atoms with Crippen molar-refractivity contribution < 1.29 is 4.79 Å². The van der Waals surface area contributed by atoms with Gasteiger partial charge in [0.1, 0.15) is 5.84 Å². The number of benzene rings is 2. The molecule has 0 spiro atoms. The molecule has 0 saturated heterocycles. The molecule has 0 fully saturated rings. The zero-order chi connectivity index (χ0) is 20.8. The van der Waals surface area contributed by atoms with Crippen LogP contribution in [0.15, 0.2) is 88.8 Å². The molecule has 0 aromatic heterocycles. The molecule has 6 rings (SSSR count). The lowest BCUT2D eigenvalue weighted by Crippen LogP contribution is -2.31. The van der Waals surface area contributed by atoms with Crippen molar-refractivity contribution in [3.8, 4) is 0 Å². The van der Waals surface area contributed by atoms with Gasteiger partial charge in [-0.2, -0.15) is 0 Å². The van der Waals surface area contributed by atoms with Crippen LogP contribution in [0.3, 0.4) is 0 Å². The lowest BCUT2D eigenvalue weighted by atomic mass is 9.99. The number of amides is 1. The van der Waals surface area contributed by atoms with Crippen molar-refractivity contribution in [1.82, 2.24) is 15.1 Å². The van der Waals surface area contributed by atoms with Gasteiger partial charge in [-0.15, -0.1) is 0 Å². The van der Waals surface area contributed by atoms with E-state index in [0.29, 0.717) is 0 Å². The number of hydrogen-bond acceptors (Lipinski definition) is 4. The molecule has 4 aliphatic heterocycles. The monoisotopic (exact) mass is 408 g/mol. The van der Waals surface area contributed by atoms with Gasteiger partial charge in [0.2, 0.25) is 5.91 Å². The number of nitrogens with zero attached hydrogens (tertiary/aromatic N) is 3. The molecular formula is C26H24N4O. The van der Waals surface area contributed by atoms with Crippen LogP contribution in [0.2, 0.25) is 0 Å². The van der Waals surface area contributed by atoms with Gasteiger partial charge in [-0.1, -0.05) is 48.5 Å². The summed E-state index contributed by atoms with van der Waals surface area (Å²) in [5, 5.41) is 3.01. The summed E-state index contributed by atoms with van der Waals surface area (Å²) >= 11 is 0. The quantitative estimate of drug-likeness (QED) is 0.846. The van der Waals surface area contributed by atoms with E-state index in [1.54, 1.807) is 6.08 Å². The zero-order valence-corrected chi connectivity index (χ0v) is 17.3. The van der Waals surface area contributed by atoms with Crippen LogP contribution in [0.1, 0.15) is 28.7 Å². The third-order valence-corrected chi connectivity index (χ3v) is 6.51. The fourth-order valence-corrected chi connectivity index (χ4v) is 4.96. The molecular weight excluding hydrogens is 384 g/mol. The molecule has 0 atom stereocenters. The van der Waals surface area contributed by atoms with Crippen LogP contribution >= 0.6 is 0 Å². The van der Waals surface area contributed by atoms with Crippen LogP contribution in [-0.2, 0) is 24.3 Å². The molecule has 5 nitrogen and oxygen atoms in total. The standard InChI is InChI=1S/C26H24N4O/c31-24-10-9-21-15-27-26(30-14-12-23(28-24)25(21)30)20-7-5-18(6-8-20)16-29-13-11-19-3-1-2-4-22(19)17-29/h1-10,15H,11-14,16-17H2,(H,28,31). The molecule has 0 bridgehead atoms. The Hall–Kier alpha value is -3.44. The molecule has 0 radical (unpaired) electrons. The summed E-state index contributed by atoms with van der Waals surface area (Å²) in [6, 6.07) is 17.6. The number of allylic oxidation sites excluding steroid dienone is 1. The highest BCUT2D eigenvalue weighted by Crippen LogP contribution is 2.34. The van der Waals surface area contributed by atoms with Gasteiger partial charge in [0, 0.05) is 61.7 Å². The zero-order valence-electron chi connectivity index (χ0n) is 17.3. The van der Waals surface area contributed by atoms with Gasteiger partial charge >= 0.3 is 0 Å². The fourth-order valence-electron chi connectivity index (χ4n) is 4.96. The Balaban J connectivity index is 1.21. The van der Waals surface area contributed by atoms with Crippen LogP contribution in [-0.4, -0.2) is 34.6 Å². The Morgan fingerprint density at radius 2 is 1.77 bits per heavy atom. The lowest BCUT2D eigenvalue weighted by molar-refractivity contribution is -0.115. The fraction of sp³-hybridized carbons (Fsp3) is 0.231. The van der Waals surface area contributed by atoms with E-state index in [-0.39, 0.29) is 5.91 Å². The van der Waals surface area contributed by atoms with Gasteiger partial charge in [-0.05, 0) is 29.2 Å². The molecule has 0 unspecified atom stereocenters. The maximum Gasteiger partial charge on any atom is 0.248 e. The molecule has 154 valence electrons. The highest BCUT2D eigenvalue weighted by molar-refractivity contribution is 6.02. The summed E-state index contributed by atoms with van der Waals surface area (Å²) < 4.78 is 0. The Bertz CT molecular complexity index is 1190. The first-order valence-corrected chi connectivity index (χ1v) is 10.9. The summed E-state index contributed by atoms with van der Waals surface area (Å²) in [5.41, 5.74) is 8.45. The molecule has 1 N–H and O–H groups in total. The number of nitrogens with one attached hydrogen (secondary N) is 1. The smallest absolute Gasteiger partial charge is 0.248 e. The molecule has 4 aliphatic rings. The Morgan fingerprint density at radius 3 is 2.65 bits per heavy atom. The van der Waals surface area contributed by atoms with Crippen molar-refractivity contribution in [2.45, 2.75) is 25.9 Å². The van der Waals surface area contributed by atoms with Gasteiger partial charge in [0.15, 0.2) is 0 Å². The molecule has 2 aromatic rings. The van der Waals surface area contributed by atoms with Crippen molar-refractivity contribution in [3.05, 3.63) is 106 Å². The minimum atomic E-state index is -0.0640. The predicted molar refractivity (Wildman–Crippen MR) is 121 cm³/mol. The second-order valence-electron chi connectivity index (χ2n) is 8.51. The van der Waals surface area contributed by atoms with E-state index in [1.807, 2.05) is 12.3 Å². The van der Waals surface area contributed by atoms with Crippen molar-refractivity contribution >= 4 is 11.7 Å². The first kappa shape index (κ1) is 18.3. The van der Waals surface area contributed by atoms with Crippen molar-refractivity contribution in [1.29, 1.82) is 0 Å². The van der Waals surface area contributed by atoms with Crippen LogP contribution in [0.4, 0.5) is 0 Å². The minimum Gasteiger partial charge on any atom is -0.324 e. The second kappa shape index (κ2) is 7.36. The number of hydrogen-bond donors (Lipinski definition) is 1. The van der Waals surface area contributed by atoms with Gasteiger partial charge in [-0.25, -0.2) is 4.99 Å². The summed E-state index contributed by atoms with van der Waals surface area (Å²) in [4.78, 5) is 21.4. The normalized spacial score (nSPS) is 20.0. The SMILES string of the molecule is O=C1C=CC2=CN=C(c3ccc(CN4CCc5ccccc5C4)cc3)N3CCC(=C23)N1. The number of carbonyl (C=O) groups is 1. The third-order valence-electron chi connectivity index (χ3n) is 6.51.